The number of nitrogens with one attached hydrogen (secondary N) is 1. The van der Waals surface area contributed by atoms with Crippen LogP contribution < -0.4 is 9.80 Å². The topological polar surface area (TPSA) is 60.9 Å². The fourth-order valence-electron chi connectivity index (χ4n) is 1.44. The van der Waals surface area contributed by atoms with Crippen LogP contribution in [0.25, 0.3) is 11.0 Å². The van der Waals surface area contributed by atoms with Crippen LogP contribution in [0.5, 0.6) is 0 Å². The Labute approximate surface area is 87.9 Å². The fourth-order valence-corrected chi connectivity index (χ4v) is 1.44. The van der Waals surface area contributed by atoms with E-state index in [9.17, 15) is 0 Å². The number of hydrogen-bond acceptors (Lipinski definition) is 5. The Morgan fingerprint density at radius 1 is 1.00 bits per heavy atom. The van der Waals surface area contributed by atoms with Gasteiger partial charge in [-0.05, 0) is 0 Å². The monoisotopic (exact) mass is 206 g/mol. The number of fused-ring (bicyclic) bond motifs is 1. The number of imidazole rings is 1. The SMILES string of the molecule is CN(C)c1nnc(N(C)C)c2[nH]cnc12. The second-order valence-corrected chi connectivity index (χ2v) is 3.76. The van der Waals surface area contributed by atoms with Crippen LogP contribution in [0, 0.1) is 0 Å². The van der Waals surface area contributed by atoms with Gasteiger partial charge in [0.2, 0.25) is 0 Å². The van der Waals surface area contributed by atoms with Crippen LogP contribution in [0.2, 0.25) is 0 Å². The summed E-state index contributed by atoms with van der Waals surface area (Å²) in [6, 6.07) is 0. The number of aromatic amines is 1. The molecule has 0 unspecified atom stereocenters. The lowest BCUT2D eigenvalue weighted by atomic mass is 10.4. The number of nitrogens with zero attached hydrogens (tertiary/aromatic N) is 5. The van der Waals surface area contributed by atoms with Crippen molar-refractivity contribution in [2.24, 2.45) is 0 Å². The molecule has 0 fully saturated rings. The highest BCUT2D eigenvalue weighted by Gasteiger charge is 2.13. The van der Waals surface area contributed by atoms with Gasteiger partial charge in [-0.3, -0.25) is 0 Å². The van der Waals surface area contributed by atoms with Crippen molar-refractivity contribution in [1.29, 1.82) is 0 Å². The summed E-state index contributed by atoms with van der Waals surface area (Å²) in [6.45, 7) is 0. The molecule has 0 aliphatic carbocycles. The average Bonchev–Trinajstić information content (AvgIpc) is 2.63. The van der Waals surface area contributed by atoms with E-state index in [-0.39, 0.29) is 0 Å². The van der Waals surface area contributed by atoms with Crippen LogP contribution in [0.15, 0.2) is 6.33 Å². The highest BCUT2D eigenvalue weighted by atomic mass is 15.3. The predicted octanol–water partition coefficient (Wildman–Crippen LogP) is 0.485. The molecule has 80 valence electrons. The molecule has 0 atom stereocenters. The van der Waals surface area contributed by atoms with Gasteiger partial charge in [-0.1, -0.05) is 0 Å². The fraction of sp³-hybridized carbons (Fsp3) is 0.444. The third-order valence-electron chi connectivity index (χ3n) is 2.16. The number of aromatic nitrogens is 4. The molecular weight excluding hydrogens is 192 g/mol. The summed E-state index contributed by atoms with van der Waals surface area (Å²) in [5, 5.41) is 8.31. The first-order valence-electron chi connectivity index (χ1n) is 4.65. The molecule has 0 aliphatic heterocycles. The van der Waals surface area contributed by atoms with Crippen molar-refractivity contribution >= 4 is 22.7 Å². The maximum absolute atomic E-state index is 4.26. The molecule has 6 heteroatoms. The lowest BCUT2D eigenvalue weighted by molar-refractivity contribution is 0.943. The average molecular weight is 206 g/mol. The Bertz CT molecular complexity index is 430. The largest absolute Gasteiger partial charge is 0.359 e. The Kier molecular flexibility index (Phi) is 2.18. The minimum atomic E-state index is 0.775. The van der Waals surface area contributed by atoms with Gasteiger partial charge in [0, 0.05) is 28.2 Å². The second-order valence-electron chi connectivity index (χ2n) is 3.76. The van der Waals surface area contributed by atoms with Crippen LogP contribution in [0.4, 0.5) is 11.6 Å². The summed E-state index contributed by atoms with van der Waals surface area (Å²) in [7, 11) is 7.71. The first-order valence-corrected chi connectivity index (χ1v) is 4.65. The van der Waals surface area contributed by atoms with E-state index in [1.54, 1.807) is 6.33 Å². The molecule has 2 rings (SSSR count). The van der Waals surface area contributed by atoms with E-state index in [2.05, 4.69) is 20.2 Å². The Balaban J connectivity index is 2.71. The molecule has 0 aromatic carbocycles. The first-order chi connectivity index (χ1) is 7.11. The van der Waals surface area contributed by atoms with Gasteiger partial charge in [0.25, 0.3) is 0 Å². The lowest BCUT2D eigenvalue weighted by Gasteiger charge is -2.15. The van der Waals surface area contributed by atoms with Crippen LogP contribution in [-0.4, -0.2) is 48.4 Å². The summed E-state index contributed by atoms with van der Waals surface area (Å²) >= 11 is 0. The number of rotatable bonds is 2. The van der Waals surface area contributed by atoms with Crippen molar-refractivity contribution < 1.29 is 0 Å². The zero-order chi connectivity index (χ0) is 11.0. The molecule has 0 bridgehead atoms. The van der Waals surface area contributed by atoms with Crippen molar-refractivity contribution in [3.8, 4) is 0 Å². The highest BCUT2D eigenvalue weighted by molar-refractivity contribution is 5.92. The van der Waals surface area contributed by atoms with Gasteiger partial charge in [-0.15, -0.1) is 10.2 Å². The van der Waals surface area contributed by atoms with Crippen LogP contribution in [0.1, 0.15) is 0 Å². The van der Waals surface area contributed by atoms with E-state index in [0.29, 0.717) is 0 Å². The first kappa shape index (κ1) is 9.70. The molecule has 2 aromatic heterocycles. The molecule has 0 amide bonds. The smallest absolute Gasteiger partial charge is 0.179 e. The Hall–Kier alpha value is -1.85. The number of hydrogen-bond donors (Lipinski definition) is 1. The summed E-state index contributed by atoms with van der Waals surface area (Å²) in [6.07, 6.45) is 1.66. The predicted molar refractivity (Wildman–Crippen MR) is 60.3 cm³/mol. The normalized spacial score (nSPS) is 10.7. The molecule has 0 spiro atoms. The van der Waals surface area contributed by atoms with Crippen molar-refractivity contribution in [3.05, 3.63) is 6.33 Å². The molecule has 0 radical (unpaired) electrons. The van der Waals surface area contributed by atoms with Gasteiger partial charge in [0.1, 0.15) is 11.0 Å². The second kappa shape index (κ2) is 3.38. The number of H-pyrrole nitrogens is 1. The van der Waals surface area contributed by atoms with Crippen LogP contribution in [-0.2, 0) is 0 Å². The van der Waals surface area contributed by atoms with Crippen molar-refractivity contribution in [2.75, 3.05) is 38.0 Å². The summed E-state index contributed by atoms with van der Waals surface area (Å²) < 4.78 is 0. The van der Waals surface area contributed by atoms with E-state index in [4.69, 9.17) is 0 Å². The third-order valence-corrected chi connectivity index (χ3v) is 2.16. The van der Waals surface area contributed by atoms with Gasteiger partial charge in [0.05, 0.1) is 6.33 Å². The molecule has 1 N–H and O–H groups in total. The summed E-state index contributed by atoms with van der Waals surface area (Å²) in [5.74, 6) is 1.57. The third kappa shape index (κ3) is 1.47. The van der Waals surface area contributed by atoms with Gasteiger partial charge < -0.3 is 14.8 Å². The minimum absolute atomic E-state index is 0.775. The zero-order valence-electron chi connectivity index (χ0n) is 9.31. The molecule has 2 heterocycles. The molecule has 15 heavy (non-hydrogen) atoms. The maximum atomic E-state index is 4.26. The molecule has 0 aliphatic rings. The molecule has 0 saturated carbocycles. The minimum Gasteiger partial charge on any atom is -0.359 e. The quantitative estimate of drug-likeness (QED) is 0.774. The standard InChI is InChI=1S/C9H14N6/c1-14(2)8-6-7(11-5-10-6)9(13-12-8)15(3)4/h5H,1-4H3,(H,10,11). The van der Waals surface area contributed by atoms with Crippen molar-refractivity contribution in [1.82, 2.24) is 20.2 Å². The zero-order valence-corrected chi connectivity index (χ0v) is 9.31. The van der Waals surface area contributed by atoms with E-state index >= 15 is 0 Å². The molecular formula is C9H14N6. The number of anilines is 2. The van der Waals surface area contributed by atoms with Gasteiger partial charge in [-0.2, -0.15) is 0 Å². The summed E-state index contributed by atoms with van der Waals surface area (Å²) in [5.41, 5.74) is 1.76. The van der Waals surface area contributed by atoms with Crippen molar-refractivity contribution in [2.45, 2.75) is 0 Å². The van der Waals surface area contributed by atoms with Gasteiger partial charge in [-0.25, -0.2) is 4.98 Å². The Morgan fingerprint density at radius 2 is 1.60 bits per heavy atom. The van der Waals surface area contributed by atoms with Crippen LogP contribution >= 0.6 is 0 Å². The summed E-state index contributed by atoms with van der Waals surface area (Å²) in [4.78, 5) is 11.1. The highest BCUT2D eigenvalue weighted by Crippen LogP contribution is 2.25. The van der Waals surface area contributed by atoms with E-state index < -0.39 is 0 Å². The lowest BCUT2D eigenvalue weighted by Crippen LogP contribution is -2.16. The van der Waals surface area contributed by atoms with Crippen LogP contribution in [0.3, 0.4) is 0 Å². The van der Waals surface area contributed by atoms with E-state index in [1.807, 2.05) is 38.0 Å². The van der Waals surface area contributed by atoms with Gasteiger partial charge >= 0.3 is 0 Å². The maximum Gasteiger partial charge on any atom is 0.179 e. The molecule has 2 aromatic rings. The molecule has 6 nitrogen and oxygen atoms in total. The van der Waals surface area contributed by atoms with E-state index in [1.165, 1.54) is 0 Å². The Morgan fingerprint density at radius 3 is 2.20 bits per heavy atom. The van der Waals surface area contributed by atoms with E-state index in [0.717, 1.165) is 22.7 Å². The van der Waals surface area contributed by atoms with Gasteiger partial charge in [0.15, 0.2) is 11.6 Å². The van der Waals surface area contributed by atoms with Crippen molar-refractivity contribution in [3.63, 3.8) is 0 Å². The molecule has 0 saturated heterocycles.